The molecule has 2 rings (SSSR count). The van der Waals surface area contributed by atoms with Crippen LogP contribution >= 0.6 is 0 Å². The average Bonchev–Trinajstić information content (AvgIpc) is 2.69. The molecule has 0 radical (unpaired) electrons. The maximum absolute atomic E-state index is 12.6. The normalized spacial score (nSPS) is 22.7. The van der Waals surface area contributed by atoms with Crippen LogP contribution in [-0.4, -0.2) is 45.4 Å². The lowest BCUT2D eigenvalue weighted by Crippen LogP contribution is -2.47. The van der Waals surface area contributed by atoms with Crippen LogP contribution in [0.1, 0.15) is 50.4 Å². The van der Waals surface area contributed by atoms with Gasteiger partial charge in [0.05, 0.1) is 21.3 Å². The lowest BCUT2D eigenvalue weighted by Gasteiger charge is -2.35. The first-order valence-corrected chi connectivity index (χ1v) is 9.63. The van der Waals surface area contributed by atoms with E-state index in [4.69, 9.17) is 18.9 Å². The molecule has 7 nitrogen and oxygen atoms in total. The van der Waals surface area contributed by atoms with Crippen molar-refractivity contribution in [2.75, 3.05) is 21.3 Å². The van der Waals surface area contributed by atoms with Gasteiger partial charge >= 0.3 is 5.97 Å². The number of nitrogens with one attached hydrogen (secondary N) is 1. The molecule has 1 saturated carbocycles. The minimum Gasteiger partial charge on any atom is -0.496 e. The maximum Gasteiger partial charge on any atom is 0.342 e. The van der Waals surface area contributed by atoms with E-state index in [2.05, 4.69) is 19.2 Å². The molecule has 0 heterocycles. The Morgan fingerprint density at radius 2 is 1.61 bits per heavy atom. The van der Waals surface area contributed by atoms with Gasteiger partial charge < -0.3 is 24.3 Å². The second-order valence-electron chi connectivity index (χ2n) is 7.34. The average molecular weight is 393 g/mol. The van der Waals surface area contributed by atoms with Crippen LogP contribution in [0.2, 0.25) is 0 Å². The van der Waals surface area contributed by atoms with E-state index in [9.17, 15) is 9.59 Å². The van der Waals surface area contributed by atoms with E-state index in [-0.39, 0.29) is 23.3 Å². The lowest BCUT2D eigenvalue weighted by atomic mass is 9.78. The zero-order valence-electron chi connectivity index (χ0n) is 17.5. The monoisotopic (exact) mass is 393 g/mol. The Hall–Kier alpha value is -2.44. The van der Waals surface area contributed by atoms with Crippen LogP contribution in [0.4, 0.5) is 0 Å². The number of ether oxygens (including phenoxy) is 4. The highest BCUT2D eigenvalue weighted by atomic mass is 16.6. The van der Waals surface area contributed by atoms with Gasteiger partial charge in [0.1, 0.15) is 11.3 Å². The summed E-state index contributed by atoms with van der Waals surface area (Å²) in [5, 5.41) is 3.03. The summed E-state index contributed by atoms with van der Waals surface area (Å²) in [4.78, 5) is 25.2. The van der Waals surface area contributed by atoms with Gasteiger partial charge in [-0.1, -0.05) is 26.7 Å². The number of methoxy groups -OCH3 is 3. The molecule has 0 aliphatic heterocycles. The van der Waals surface area contributed by atoms with Crippen molar-refractivity contribution in [1.82, 2.24) is 5.32 Å². The summed E-state index contributed by atoms with van der Waals surface area (Å²) in [5.41, 5.74) is 0.166. The van der Waals surface area contributed by atoms with Crippen molar-refractivity contribution < 1.29 is 28.5 Å². The minimum absolute atomic E-state index is 0.105. The molecule has 0 spiro atoms. The molecule has 0 unspecified atom stereocenters. The quantitative estimate of drug-likeness (QED) is 0.717. The van der Waals surface area contributed by atoms with E-state index in [1.807, 2.05) is 0 Å². The molecular weight excluding hydrogens is 362 g/mol. The molecule has 0 saturated heterocycles. The van der Waals surface area contributed by atoms with E-state index in [0.717, 1.165) is 12.8 Å². The number of esters is 1. The highest BCUT2D eigenvalue weighted by Gasteiger charge is 2.30. The Morgan fingerprint density at radius 3 is 2.21 bits per heavy atom. The SMILES string of the molecule is COc1cc(OC)c(C(=O)O[C@H](C)C(=O)N[C@H]2CCC[C@H](C)[C@H]2C)cc1OC. The fraction of sp³-hybridized carbons (Fsp3) is 0.619. The second-order valence-corrected chi connectivity index (χ2v) is 7.34. The van der Waals surface area contributed by atoms with Crippen LogP contribution in [0.25, 0.3) is 0 Å². The van der Waals surface area contributed by atoms with Gasteiger partial charge in [-0.05, 0) is 25.2 Å². The van der Waals surface area contributed by atoms with Crippen molar-refractivity contribution in [2.24, 2.45) is 11.8 Å². The minimum atomic E-state index is -0.922. The van der Waals surface area contributed by atoms with Crippen LogP contribution < -0.4 is 19.5 Å². The van der Waals surface area contributed by atoms with Gasteiger partial charge in [0.25, 0.3) is 5.91 Å². The Balaban J connectivity index is 2.08. The van der Waals surface area contributed by atoms with Gasteiger partial charge in [0, 0.05) is 18.2 Å². The van der Waals surface area contributed by atoms with Crippen LogP contribution in [-0.2, 0) is 9.53 Å². The van der Waals surface area contributed by atoms with Crippen LogP contribution in [0.15, 0.2) is 12.1 Å². The highest BCUT2D eigenvalue weighted by molar-refractivity contribution is 5.95. The molecule has 1 aromatic carbocycles. The molecule has 1 aliphatic carbocycles. The van der Waals surface area contributed by atoms with Gasteiger partial charge in [-0.25, -0.2) is 4.79 Å². The third-order valence-corrected chi connectivity index (χ3v) is 5.61. The number of carbonyl (C=O) groups is 2. The van der Waals surface area contributed by atoms with Crippen molar-refractivity contribution in [1.29, 1.82) is 0 Å². The molecule has 0 aromatic heterocycles. The molecule has 1 aromatic rings. The van der Waals surface area contributed by atoms with Gasteiger partial charge in [0.2, 0.25) is 0 Å². The molecule has 28 heavy (non-hydrogen) atoms. The van der Waals surface area contributed by atoms with E-state index >= 15 is 0 Å². The molecule has 0 bridgehead atoms. The lowest BCUT2D eigenvalue weighted by molar-refractivity contribution is -0.130. The van der Waals surface area contributed by atoms with Crippen molar-refractivity contribution in [3.05, 3.63) is 17.7 Å². The fourth-order valence-corrected chi connectivity index (χ4v) is 3.55. The predicted octanol–water partition coefficient (Wildman–Crippen LogP) is 3.20. The summed E-state index contributed by atoms with van der Waals surface area (Å²) >= 11 is 0. The number of benzene rings is 1. The smallest absolute Gasteiger partial charge is 0.342 e. The van der Waals surface area contributed by atoms with Crippen molar-refractivity contribution in [3.63, 3.8) is 0 Å². The van der Waals surface area contributed by atoms with Crippen molar-refractivity contribution in [3.8, 4) is 17.2 Å². The molecule has 1 fully saturated rings. The molecule has 4 atom stereocenters. The van der Waals surface area contributed by atoms with Gasteiger partial charge in [-0.3, -0.25) is 4.79 Å². The maximum atomic E-state index is 12.6. The summed E-state index contributed by atoms with van der Waals surface area (Å²) in [5.74, 6) is 1.09. The first kappa shape index (κ1) is 21.9. The topological polar surface area (TPSA) is 83.1 Å². The van der Waals surface area contributed by atoms with E-state index in [1.54, 1.807) is 13.0 Å². The number of carbonyl (C=O) groups excluding carboxylic acids is 2. The third kappa shape index (κ3) is 4.88. The van der Waals surface area contributed by atoms with Gasteiger partial charge in [0.15, 0.2) is 17.6 Å². The van der Waals surface area contributed by atoms with Crippen molar-refractivity contribution >= 4 is 11.9 Å². The standard InChI is InChI=1S/C21H31NO6/c1-12-8-7-9-16(13(12)2)22-20(23)14(3)28-21(24)15-10-18(26-5)19(27-6)11-17(15)25-4/h10-14,16H,7-9H2,1-6H3,(H,22,23)/t12-,13+,14+,16-/m0/s1. The summed E-state index contributed by atoms with van der Waals surface area (Å²) < 4.78 is 21.1. The molecule has 1 aliphatic rings. The Kier molecular flexibility index (Phi) is 7.54. The molecule has 7 heteroatoms. The number of hydrogen-bond donors (Lipinski definition) is 1. The first-order chi connectivity index (χ1) is 13.3. The number of amides is 1. The summed E-state index contributed by atoms with van der Waals surface area (Å²) in [6.07, 6.45) is 2.29. The Morgan fingerprint density at radius 1 is 1.00 bits per heavy atom. The van der Waals surface area contributed by atoms with Gasteiger partial charge in [-0.2, -0.15) is 0 Å². The van der Waals surface area contributed by atoms with E-state index in [1.165, 1.54) is 33.8 Å². The zero-order chi connectivity index (χ0) is 20.8. The summed E-state index contributed by atoms with van der Waals surface area (Å²) in [7, 11) is 4.41. The molecular formula is C21H31NO6. The largest absolute Gasteiger partial charge is 0.496 e. The summed E-state index contributed by atoms with van der Waals surface area (Å²) in [6, 6.07) is 3.13. The van der Waals surface area contributed by atoms with E-state index < -0.39 is 12.1 Å². The molecule has 1 N–H and O–H groups in total. The zero-order valence-corrected chi connectivity index (χ0v) is 17.5. The first-order valence-electron chi connectivity index (χ1n) is 9.63. The highest BCUT2D eigenvalue weighted by Crippen LogP contribution is 2.35. The van der Waals surface area contributed by atoms with Crippen LogP contribution in [0, 0.1) is 11.8 Å². The molecule has 156 valence electrons. The number of hydrogen-bond acceptors (Lipinski definition) is 6. The number of rotatable bonds is 7. The second kappa shape index (κ2) is 9.66. The van der Waals surface area contributed by atoms with Crippen LogP contribution in [0.3, 0.4) is 0 Å². The predicted molar refractivity (Wildman–Crippen MR) is 105 cm³/mol. The van der Waals surface area contributed by atoms with Crippen LogP contribution in [0.5, 0.6) is 17.2 Å². The Bertz CT molecular complexity index is 704. The summed E-state index contributed by atoms with van der Waals surface area (Å²) in [6.45, 7) is 5.92. The van der Waals surface area contributed by atoms with Gasteiger partial charge in [-0.15, -0.1) is 0 Å². The third-order valence-electron chi connectivity index (χ3n) is 5.61. The van der Waals surface area contributed by atoms with Crippen molar-refractivity contribution in [2.45, 2.75) is 52.2 Å². The molecule has 1 amide bonds. The van der Waals surface area contributed by atoms with E-state index in [0.29, 0.717) is 23.3 Å². The fourth-order valence-electron chi connectivity index (χ4n) is 3.55. The Labute approximate surface area is 166 Å².